The van der Waals surface area contributed by atoms with Crippen molar-refractivity contribution in [1.29, 1.82) is 0 Å². The van der Waals surface area contributed by atoms with E-state index in [1.165, 1.54) is 19.2 Å². The third-order valence-electron chi connectivity index (χ3n) is 7.43. The van der Waals surface area contributed by atoms with Gasteiger partial charge in [0.2, 0.25) is 20.1 Å². The van der Waals surface area contributed by atoms with Crippen molar-refractivity contribution in [3.8, 4) is 11.5 Å². The van der Waals surface area contributed by atoms with Crippen molar-refractivity contribution < 1.29 is 38.2 Å². The lowest BCUT2D eigenvalue weighted by Gasteiger charge is -2.36. The fraction of sp³-hybridized carbons (Fsp3) is 0.556. The number of hydrogen-bond donors (Lipinski definition) is 5. The molecule has 13 heteroatoms. The first-order chi connectivity index (χ1) is 22.4. The Kier molecular flexibility index (Phi) is 15.7. The highest BCUT2D eigenvalue weighted by atomic mass is 28.4. The molecule has 12 nitrogen and oxygen atoms in total. The van der Waals surface area contributed by atoms with Crippen molar-refractivity contribution >= 4 is 32.3 Å². The topological polar surface area (TPSA) is 164 Å². The highest BCUT2D eigenvalue weighted by Gasteiger charge is 2.39. The molecule has 274 valence electrons. The number of ether oxygens (including phenoxy) is 2. The predicted octanol–water partition coefficient (Wildman–Crippen LogP) is 5.83. The molecule has 0 bridgehead atoms. The van der Waals surface area contributed by atoms with E-state index in [0.717, 1.165) is 16.9 Å². The third kappa shape index (κ3) is 16.6. The summed E-state index contributed by atoms with van der Waals surface area (Å²) in [6, 6.07) is 12.7. The van der Waals surface area contributed by atoms with Crippen LogP contribution >= 0.6 is 0 Å². The van der Waals surface area contributed by atoms with Gasteiger partial charge in [-0.25, -0.2) is 9.59 Å². The second-order valence-electron chi connectivity index (χ2n) is 15.2. The molecule has 0 spiro atoms. The Bertz CT molecular complexity index is 1380. The Labute approximate surface area is 293 Å². The van der Waals surface area contributed by atoms with Crippen LogP contribution in [0.2, 0.25) is 18.1 Å². The van der Waals surface area contributed by atoms with E-state index in [4.69, 9.17) is 13.9 Å². The standard InChI is InChI=1S/C21H36N2O4Si.C15H22N2O4/c1-20(2,3)26-19(25)23-17(18(24)22-7)14-15-10-12-16(13-11-15)27-28(8,9)21(4,5)6;1-15(2,3)21-14(20)17-12(13(19)16-4)9-10-5-7-11(18)8-6-10/h10-13,17H,14H2,1-9H3,(H,22,24)(H,23,25);5-8,12,18H,9H2,1-4H3,(H,16,19)(H,17,20)/t17-;12-/m00/s1. The monoisotopic (exact) mass is 702 g/mol. The summed E-state index contributed by atoms with van der Waals surface area (Å²) >= 11 is 0. The molecule has 5 N–H and O–H groups in total. The van der Waals surface area contributed by atoms with E-state index in [1.54, 1.807) is 60.7 Å². The number of alkyl carbamates (subject to hydrolysis) is 2. The van der Waals surface area contributed by atoms with Crippen molar-refractivity contribution in [3.63, 3.8) is 0 Å². The van der Waals surface area contributed by atoms with Crippen LogP contribution in [0.3, 0.4) is 0 Å². The molecule has 0 radical (unpaired) electrons. The molecule has 0 saturated heterocycles. The summed E-state index contributed by atoms with van der Waals surface area (Å²) in [7, 11) is 1.15. The molecule has 2 rings (SSSR count). The smallest absolute Gasteiger partial charge is 0.408 e. The fourth-order valence-electron chi connectivity index (χ4n) is 3.91. The normalized spacial score (nSPS) is 13.0. The quantitative estimate of drug-likeness (QED) is 0.193. The fourth-order valence-corrected chi connectivity index (χ4v) is 4.94. The molecule has 4 amide bonds. The Morgan fingerprint density at radius 2 is 1.00 bits per heavy atom. The van der Waals surface area contributed by atoms with Gasteiger partial charge in [-0.1, -0.05) is 45.0 Å². The van der Waals surface area contributed by atoms with Gasteiger partial charge in [0.15, 0.2) is 0 Å². The number of phenolic OH excluding ortho intramolecular Hbond substituents is 1. The van der Waals surface area contributed by atoms with Crippen LogP contribution in [0, 0.1) is 0 Å². The molecule has 0 saturated carbocycles. The molecule has 2 aromatic rings. The summed E-state index contributed by atoms with van der Waals surface area (Å²) in [4.78, 5) is 47.9. The summed E-state index contributed by atoms with van der Waals surface area (Å²) in [5.74, 6) is 0.392. The van der Waals surface area contributed by atoms with Gasteiger partial charge in [0.25, 0.3) is 0 Å². The van der Waals surface area contributed by atoms with Gasteiger partial charge in [-0.15, -0.1) is 0 Å². The summed E-state index contributed by atoms with van der Waals surface area (Å²) in [6.45, 7) is 21.6. The van der Waals surface area contributed by atoms with Gasteiger partial charge in [-0.05, 0) is 95.1 Å². The van der Waals surface area contributed by atoms with Crippen molar-refractivity contribution in [2.75, 3.05) is 14.1 Å². The highest BCUT2D eigenvalue weighted by Crippen LogP contribution is 2.37. The first-order valence-corrected chi connectivity index (χ1v) is 19.2. The lowest BCUT2D eigenvalue weighted by atomic mass is 10.1. The van der Waals surface area contributed by atoms with Crippen LogP contribution in [0.15, 0.2) is 48.5 Å². The minimum Gasteiger partial charge on any atom is -0.544 e. The molecule has 0 unspecified atom stereocenters. The van der Waals surface area contributed by atoms with Gasteiger partial charge in [-0.2, -0.15) is 0 Å². The number of benzene rings is 2. The molecule has 0 aliphatic heterocycles. The van der Waals surface area contributed by atoms with Crippen LogP contribution in [-0.4, -0.2) is 74.8 Å². The summed E-state index contributed by atoms with van der Waals surface area (Å²) in [5.41, 5.74) is 0.486. The van der Waals surface area contributed by atoms with Crippen LogP contribution in [0.1, 0.15) is 73.4 Å². The number of likely N-dealkylation sites (N-methyl/N-ethyl adjacent to an activating group) is 2. The average Bonchev–Trinajstić information content (AvgIpc) is 2.95. The van der Waals surface area contributed by atoms with E-state index in [1.807, 2.05) is 24.3 Å². The zero-order chi connectivity index (χ0) is 37.8. The molecule has 0 aliphatic carbocycles. The minimum absolute atomic E-state index is 0.118. The Morgan fingerprint density at radius 1 is 0.653 bits per heavy atom. The van der Waals surface area contributed by atoms with Gasteiger partial charge in [-0.3, -0.25) is 9.59 Å². The number of phenols is 1. The van der Waals surface area contributed by atoms with E-state index in [2.05, 4.69) is 55.1 Å². The number of rotatable bonds is 10. The predicted molar refractivity (Wildman–Crippen MR) is 194 cm³/mol. The van der Waals surface area contributed by atoms with Crippen LogP contribution in [-0.2, 0) is 31.9 Å². The lowest BCUT2D eigenvalue weighted by molar-refractivity contribution is -0.123. The Morgan fingerprint density at radius 3 is 1.31 bits per heavy atom. The van der Waals surface area contributed by atoms with Crippen molar-refractivity contribution in [2.45, 2.75) is 117 Å². The van der Waals surface area contributed by atoms with E-state index in [9.17, 15) is 24.3 Å². The van der Waals surface area contributed by atoms with Gasteiger partial charge in [0.1, 0.15) is 34.8 Å². The summed E-state index contributed by atoms with van der Waals surface area (Å²) < 4.78 is 16.7. The van der Waals surface area contributed by atoms with Gasteiger partial charge in [0.05, 0.1) is 0 Å². The maximum Gasteiger partial charge on any atom is 0.408 e. The average molecular weight is 703 g/mol. The molecule has 2 aromatic carbocycles. The Hall–Kier alpha value is -4.26. The van der Waals surface area contributed by atoms with E-state index in [0.29, 0.717) is 12.8 Å². The zero-order valence-corrected chi connectivity index (χ0v) is 32.5. The first-order valence-electron chi connectivity index (χ1n) is 16.3. The van der Waals surface area contributed by atoms with E-state index in [-0.39, 0.29) is 22.6 Å². The second-order valence-corrected chi connectivity index (χ2v) is 19.9. The van der Waals surface area contributed by atoms with Crippen LogP contribution in [0.4, 0.5) is 9.59 Å². The molecule has 49 heavy (non-hydrogen) atoms. The summed E-state index contributed by atoms with van der Waals surface area (Å²) in [6.07, 6.45) is -0.591. The third-order valence-corrected chi connectivity index (χ3v) is 11.8. The molecular formula is C36H58N4O8Si. The number of aromatic hydroxyl groups is 1. The van der Waals surface area contributed by atoms with Gasteiger partial charge < -0.3 is 40.3 Å². The zero-order valence-electron chi connectivity index (χ0n) is 31.5. The molecular weight excluding hydrogens is 645 g/mol. The summed E-state index contributed by atoms with van der Waals surface area (Å²) in [5, 5.41) is 19.7. The number of nitrogens with one attached hydrogen (secondary N) is 4. The SMILES string of the molecule is CNC(=O)[C@H](Cc1ccc(O)cc1)NC(=O)OC(C)(C)C.CNC(=O)[C@H](Cc1ccc(O[Si](C)(C)C(C)(C)C)cc1)NC(=O)OC(C)(C)C. The van der Waals surface area contributed by atoms with Crippen LogP contribution in [0.5, 0.6) is 11.5 Å². The van der Waals surface area contributed by atoms with Gasteiger partial charge in [0, 0.05) is 26.9 Å². The van der Waals surface area contributed by atoms with E-state index >= 15 is 0 Å². The van der Waals surface area contributed by atoms with E-state index < -0.39 is 43.8 Å². The Balaban J connectivity index is 0.000000510. The van der Waals surface area contributed by atoms with Crippen LogP contribution < -0.4 is 25.7 Å². The van der Waals surface area contributed by atoms with Crippen molar-refractivity contribution in [3.05, 3.63) is 59.7 Å². The molecule has 2 atom stereocenters. The molecule has 0 heterocycles. The van der Waals surface area contributed by atoms with Crippen molar-refractivity contribution in [2.24, 2.45) is 0 Å². The number of amides is 4. The number of carbonyl (C=O) groups is 4. The maximum absolute atomic E-state index is 12.2. The maximum atomic E-state index is 12.2. The largest absolute Gasteiger partial charge is 0.544 e. The first kappa shape index (κ1) is 42.8. The van der Waals surface area contributed by atoms with Crippen LogP contribution in [0.25, 0.3) is 0 Å². The molecule has 0 fully saturated rings. The molecule has 0 aliphatic rings. The highest BCUT2D eigenvalue weighted by molar-refractivity contribution is 6.74. The number of hydrogen-bond acceptors (Lipinski definition) is 8. The number of carbonyl (C=O) groups excluding carboxylic acids is 4. The lowest BCUT2D eigenvalue weighted by Crippen LogP contribution is -2.48. The van der Waals surface area contributed by atoms with Gasteiger partial charge >= 0.3 is 12.2 Å². The second kappa shape index (κ2) is 17.9. The molecule has 0 aromatic heterocycles. The van der Waals surface area contributed by atoms with Crippen molar-refractivity contribution in [1.82, 2.24) is 21.3 Å². The minimum atomic E-state index is -1.90.